The van der Waals surface area contributed by atoms with E-state index in [0.717, 1.165) is 48.2 Å². The van der Waals surface area contributed by atoms with E-state index in [-0.39, 0.29) is 0 Å². The fraction of sp³-hybridized carbons (Fsp3) is 0.500. The van der Waals surface area contributed by atoms with Gasteiger partial charge in [0.1, 0.15) is 0 Å². The number of halogens is 1. The highest BCUT2D eigenvalue weighted by atomic mass is 79.9. The fourth-order valence-electron chi connectivity index (χ4n) is 1.93. The molecule has 0 amide bonds. The Hall–Kier alpha value is -0.850. The van der Waals surface area contributed by atoms with Crippen LogP contribution in [-0.4, -0.2) is 29.3 Å². The summed E-state index contributed by atoms with van der Waals surface area (Å²) in [6.07, 6.45) is 3.07. The molecule has 0 spiro atoms. The van der Waals surface area contributed by atoms with E-state index in [2.05, 4.69) is 49.1 Å². The zero-order valence-electron chi connectivity index (χ0n) is 11.9. The Bertz CT molecular complexity index is 538. The van der Waals surface area contributed by atoms with E-state index < -0.39 is 0 Å². The van der Waals surface area contributed by atoms with E-state index in [0.29, 0.717) is 0 Å². The number of nitrogens with one attached hydrogen (secondary N) is 1. The molecule has 0 aromatic carbocycles. The molecule has 0 saturated heterocycles. The molecule has 2 aromatic heterocycles. The Balaban J connectivity index is 1.92. The van der Waals surface area contributed by atoms with Crippen molar-refractivity contribution in [1.82, 2.24) is 9.55 Å². The standard InChI is InChI=1S/C14H20BrN3OS/c1-3-19-8-4-7-16-14-17-11(2)9-18(14)10-12-5-6-13(15)20-12/h5-6,9H,3-4,7-8,10H2,1-2H3,(H,16,17). The van der Waals surface area contributed by atoms with Crippen molar-refractivity contribution >= 4 is 33.2 Å². The second-order valence-corrected chi connectivity index (χ2v) is 7.06. The molecule has 1 N–H and O–H groups in total. The van der Waals surface area contributed by atoms with Gasteiger partial charge >= 0.3 is 0 Å². The molecule has 2 aromatic rings. The van der Waals surface area contributed by atoms with Crippen molar-refractivity contribution in [3.8, 4) is 0 Å². The first-order chi connectivity index (χ1) is 9.69. The normalized spacial score (nSPS) is 10.9. The Morgan fingerprint density at radius 2 is 2.30 bits per heavy atom. The molecular formula is C14H20BrN3OS. The van der Waals surface area contributed by atoms with E-state index in [1.165, 1.54) is 4.88 Å². The zero-order chi connectivity index (χ0) is 14.4. The lowest BCUT2D eigenvalue weighted by Gasteiger charge is -2.08. The summed E-state index contributed by atoms with van der Waals surface area (Å²) in [6.45, 7) is 7.34. The van der Waals surface area contributed by atoms with Crippen LogP contribution >= 0.6 is 27.3 Å². The van der Waals surface area contributed by atoms with Crippen LogP contribution in [0, 0.1) is 6.92 Å². The van der Waals surface area contributed by atoms with Gasteiger partial charge in [0.2, 0.25) is 5.95 Å². The molecule has 0 radical (unpaired) electrons. The third-order valence-corrected chi connectivity index (χ3v) is 4.41. The summed E-state index contributed by atoms with van der Waals surface area (Å²) >= 11 is 5.26. The SMILES string of the molecule is CCOCCCNc1nc(C)cn1Cc1ccc(Br)s1. The molecule has 2 heterocycles. The van der Waals surface area contributed by atoms with Gasteiger partial charge in [-0.05, 0) is 48.3 Å². The highest BCUT2D eigenvalue weighted by Gasteiger charge is 2.07. The van der Waals surface area contributed by atoms with Crippen LogP contribution in [0.25, 0.3) is 0 Å². The van der Waals surface area contributed by atoms with Crippen LogP contribution in [-0.2, 0) is 11.3 Å². The second-order valence-electron chi connectivity index (χ2n) is 4.52. The third kappa shape index (κ3) is 4.61. The Morgan fingerprint density at radius 3 is 3.00 bits per heavy atom. The highest BCUT2D eigenvalue weighted by Crippen LogP contribution is 2.24. The quantitative estimate of drug-likeness (QED) is 0.728. The van der Waals surface area contributed by atoms with E-state index in [1.54, 1.807) is 11.3 Å². The summed E-state index contributed by atoms with van der Waals surface area (Å²) in [4.78, 5) is 5.85. The van der Waals surface area contributed by atoms with Crippen LogP contribution in [0.3, 0.4) is 0 Å². The lowest BCUT2D eigenvalue weighted by Crippen LogP contribution is -2.10. The summed E-state index contributed by atoms with van der Waals surface area (Å²) < 4.78 is 8.66. The van der Waals surface area contributed by atoms with Gasteiger partial charge in [0, 0.05) is 30.8 Å². The van der Waals surface area contributed by atoms with E-state index in [1.807, 2.05) is 13.8 Å². The lowest BCUT2D eigenvalue weighted by atomic mass is 10.4. The van der Waals surface area contributed by atoms with Gasteiger partial charge in [-0.1, -0.05) is 0 Å². The van der Waals surface area contributed by atoms with Gasteiger partial charge in [0.15, 0.2) is 0 Å². The number of imidazole rings is 1. The highest BCUT2D eigenvalue weighted by molar-refractivity contribution is 9.11. The Kier molecular flexibility index (Phi) is 6.06. The average Bonchev–Trinajstić information content (AvgIpc) is 2.96. The van der Waals surface area contributed by atoms with E-state index in [9.17, 15) is 0 Å². The van der Waals surface area contributed by atoms with Crippen molar-refractivity contribution in [3.05, 3.63) is 32.7 Å². The molecule has 0 aliphatic carbocycles. The van der Waals surface area contributed by atoms with Crippen molar-refractivity contribution in [1.29, 1.82) is 0 Å². The number of nitrogens with zero attached hydrogens (tertiary/aromatic N) is 2. The minimum atomic E-state index is 0.779. The van der Waals surface area contributed by atoms with Crippen molar-refractivity contribution < 1.29 is 4.74 Å². The van der Waals surface area contributed by atoms with Gasteiger partial charge in [0.25, 0.3) is 0 Å². The van der Waals surface area contributed by atoms with E-state index >= 15 is 0 Å². The molecule has 20 heavy (non-hydrogen) atoms. The molecule has 4 nitrogen and oxygen atoms in total. The molecule has 0 saturated carbocycles. The number of ether oxygens (including phenoxy) is 1. The van der Waals surface area contributed by atoms with Gasteiger partial charge in [0.05, 0.1) is 16.0 Å². The first kappa shape index (κ1) is 15.5. The number of aromatic nitrogens is 2. The van der Waals surface area contributed by atoms with E-state index in [4.69, 9.17) is 4.74 Å². The summed E-state index contributed by atoms with van der Waals surface area (Å²) in [6, 6.07) is 4.22. The molecule has 0 atom stereocenters. The number of hydrogen-bond acceptors (Lipinski definition) is 4. The maximum atomic E-state index is 5.33. The maximum Gasteiger partial charge on any atom is 0.203 e. The summed E-state index contributed by atoms with van der Waals surface area (Å²) in [5.41, 5.74) is 1.04. The monoisotopic (exact) mass is 357 g/mol. The number of thiophene rings is 1. The molecule has 0 aliphatic rings. The zero-order valence-corrected chi connectivity index (χ0v) is 14.3. The Labute approximate surface area is 132 Å². The molecule has 0 fully saturated rings. The van der Waals surface area contributed by atoms with Crippen molar-refractivity contribution in [2.45, 2.75) is 26.8 Å². The van der Waals surface area contributed by atoms with Crippen molar-refractivity contribution in [2.75, 3.05) is 25.1 Å². The first-order valence-electron chi connectivity index (χ1n) is 6.78. The van der Waals surface area contributed by atoms with Crippen LogP contribution < -0.4 is 5.32 Å². The van der Waals surface area contributed by atoms with Crippen molar-refractivity contribution in [2.24, 2.45) is 0 Å². The largest absolute Gasteiger partial charge is 0.382 e. The van der Waals surface area contributed by atoms with Gasteiger partial charge in [-0.15, -0.1) is 11.3 Å². The van der Waals surface area contributed by atoms with Crippen molar-refractivity contribution in [3.63, 3.8) is 0 Å². The second kappa shape index (κ2) is 7.81. The summed E-state index contributed by atoms with van der Waals surface area (Å²) in [5.74, 6) is 0.934. The number of anilines is 1. The summed E-state index contributed by atoms with van der Waals surface area (Å²) in [7, 11) is 0. The average molecular weight is 358 g/mol. The molecule has 0 bridgehead atoms. The Morgan fingerprint density at radius 1 is 1.45 bits per heavy atom. The molecule has 2 rings (SSSR count). The fourth-order valence-corrected chi connectivity index (χ4v) is 3.41. The predicted octanol–water partition coefficient (Wildman–Crippen LogP) is 3.90. The van der Waals surface area contributed by atoms with Crippen LogP contribution in [0.15, 0.2) is 22.1 Å². The minimum Gasteiger partial charge on any atom is -0.382 e. The number of aryl methyl sites for hydroxylation is 1. The summed E-state index contributed by atoms with van der Waals surface area (Å²) in [5, 5.41) is 3.38. The topological polar surface area (TPSA) is 39.1 Å². The maximum absolute atomic E-state index is 5.33. The minimum absolute atomic E-state index is 0.779. The molecule has 110 valence electrons. The lowest BCUT2D eigenvalue weighted by molar-refractivity contribution is 0.147. The first-order valence-corrected chi connectivity index (χ1v) is 8.39. The molecule has 0 unspecified atom stereocenters. The van der Waals surface area contributed by atoms with Gasteiger partial charge in [-0.25, -0.2) is 4.98 Å². The third-order valence-electron chi connectivity index (χ3n) is 2.80. The smallest absolute Gasteiger partial charge is 0.203 e. The van der Waals surface area contributed by atoms with Crippen LogP contribution in [0.2, 0.25) is 0 Å². The number of hydrogen-bond donors (Lipinski definition) is 1. The predicted molar refractivity (Wildman–Crippen MR) is 87.7 cm³/mol. The van der Waals surface area contributed by atoms with Gasteiger partial charge < -0.3 is 14.6 Å². The van der Waals surface area contributed by atoms with Gasteiger partial charge in [-0.3, -0.25) is 0 Å². The number of rotatable bonds is 8. The van der Waals surface area contributed by atoms with Crippen LogP contribution in [0.1, 0.15) is 23.9 Å². The van der Waals surface area contributed by atoms with Crippen LogP contribution in [0.5, 0.6) is 0 Å². The van der Waals surface area contributed by atoms with Crippen LogP contribution in [0.4, 0.5) is 5.95 Å². The molecular weight excluding hydrogens is 338 g/mol. The molecule has 0 aliphatic heterocycles. The van der Waals surface area contributed by atoms with Gasteiger partial charge in [-0.2, -0.15) is 0 Å². The molecule has 6 heteroatoms.